The maximum atomic E-state index is 2.70. The van der Waals surface area contributed by atoms with Gasteiger partial charge >= 0.3 is 0 Å². The first-order valence-electron chi connectivity index (χ1n) is 21.7. The first kappa shape index (κ1) is 34.6. The lowest BCUT2D eigenvalue weighted by Gasteiger charge is -2.41. The second-order valence-electron chi connectivity index (χ2n) is 17.0. The molecule has 8 aliphatic rings. The van der Waals surface area contributed by atoms with Gasteiger partial charge in [0.25, 0.3) is 0 Å². The van der Waals surface area contributed by atoms with Gasteiger partial charge < -0.3 is 9.80 Å². The van der Waals surface area contributed by atoms with E-state index in [-0.39, 0.29) is 5.41 Å². The zero-order valence-electron chi connectivity index (χ0n) is 32.9. The summed E-state index contributed by atoms with van der Waals surface area (Å²) in [6.07, 6.45) is 45.5. The third-order valence-electron chi connectivity index (χ3n) is 14.0. The number of anilines is 2. The lowest BCUT2D eigenvalue weighted by molar-refractivity contribution is 0.594. The molecule has 11 rings (SSSR count). The second-order valence-corrected chi connectivity index (χ2v) is 17.0. The maximum absolute atomic E-state index is 2.70. The Kier molecular flexibility index (Phi) is 8.75. The van der Waals surface area contributed by atoms with Gasteiger partial charge in [0.2, 0.25) is 0 Å². The fourth-order valence-corrected chi connectivity index (χ4v) is 11.7. The average molecular weight is 741 g/mol. The Bertz CT molecular complexity index is 2440. The van der Waals surface area contributed by atoms with Crippen molar-refractivity contribution in [3.8, 4) is 0 Å². The number of hydrogen-bond acceptors (Lipinski definition) is 2. The Morgan fingerprint density at radius 3 is 2.19 bits per heavy atom. The summed E-state index contributed by atoms with van der Waals surface area (Å²) >= 11 is 0. The molecular weight excluding hydrogens is 689 g/mol. The first-order chi connectivity index (χ1) is 28.3. The topological polar surface area (TPSA) is 6.48 Å². The van der Waals surface area contributed by atoms with Gasteiger partial charge in [-0.2, -0.15) is 0 Å². The van der Waals surface area contributed by atoms with E-state index in [4.69, 9.17) is 0 Å². The fraction of sp³-hybridized carbons (Fsp3) is 0.273. The zero-order valence-corrected chi connectivity index (χ0v) is 32.9. The molecule has 0 saturated carbocycles. The molecule has 8 aliphatic carbocycles. The average Bonchev–Trinajstić information content (AvgIpc) is 3.76. The number of para-hydroxylation sites is 2. The molecular formula is C55H52N2. The molecule has 5 atom stereocenters. The van der Waals surface area contributed by atoms with E-state index in [1.54, 1.807) is 16.7 Å². The van der Waals surface area contributed by atoms with Gasteiger partial charge in [0.1, 0.15) is 0 Å². The highest BCUT2D eigenvalue weighted by Gasteiger charge is 2.57. The molecule has 3 aromatic rings. The van der Waals surface area contributed by atoms with Crippen molar-refractivity contribution in [1.29, 1.82) is 0 Å². The predicted octanol–water partition coefficient (Wildman–Crippen LogP) is 13.2. The van der Waals surface area contributed by atoms with Crippen molar-refractivity contribution in [2.45, 2.75) is 87.7 Å². The molecule has 1 spiro atoms. The van der Waals surface area contributed by atoms with Crippen LogP contribution < -0.4 is 9.80 Å². The number of allylic oxidation sites excluding steroid dienone is 16. The lowest BCUT2D eigenvalue weighted by atomic mass is 9.64. The van der Waals surface area contributed by atoms with Gasteiger partial charge in [0.15, 0.2) is 0 Å². The molecule has 2 heteroatoms. The van der Waals surface area contributed by atoms with Crippen LogP contribution in [-0.4, -0.2) is 18.1 Å². The molecule has 0 aliphatic heterocycles. The Hall–Kier alpha value is -5.60. The molecule has 0 bridgehead atoms. The van der Waals surface area contributed by atoms with Crippen molar-refractivity contribution in [3.63, 3.8) is 0 Å². The van der Waals surface area contributed by atoms with Crippen molar-refractivity contribution in [2.75, 3.05) is 9.80 Å². The van der Waals surface area contributed by atoms with Crippen LogP contribution in [0.5, 0.6) is 0 Å². The molecule has 0 heterocycles. The Morgan fingerprint density at radius 2 is 1.40 bits per heavy atom. The Morgan fingerprint density at radius 1 is 0.596 bits per heavy atom. The highest BCUT2D eigenvalue weighted by atomic mass is 15.2. The Balaban J connectivity index is 0.989. The van der Waals surface area contributed by atoms with Crippen LogP contribution in [0.25, 0.3) is 5.57 Å². The number of benzene rings is 3. The summed E-state index contributed by atoms with van der Waals surface area (Å²) in [5, 5.41) is 0. The number of nitrogens with zero attached hydrogens (tertiary/aromatic N) is 2. The second kappa shape index (κ2) is 14.4. The van der Waals surface area contributed by atoms with E-state index in [1.807, 2.05) is 0 Å². The molecule has 2 nitrogen and oxygen atoms in total. The van der Waals surface area contributed by atoms with Gasteiger partial charge in [-0.1, -0.05) is 146 Å². The molecule has 0 saturated heterocycles. The van der Waals surface area contributed by atoms with Gasteiger partial charge in [0, 0.05) is 28.6 Å². The van der Waals surface area contributed by atoms with Crippen LogP contribution in [0.1, 0.15) is 75.3 Å². The van der Waals surface area contributed by atoms with Gasteiger partial charge in [0.05, 0.1) is 23.5 Å². The molecule has 57 heavy (non-hydrogen) atoms. The third kappa shape index (κ3) is 5.58. The molecule has 3 aromatic carbocycles. The molecule has 282 valence electrons. The van der Waals surface area contributed by atoms with Gasteiger partial charge in [-0.3, -0.25) is 0 Å². The highest BCUT2D eigenvalue weighted by Crippen LogP contribution is 2.67. The standard InChI is InChI=1S/C55H52N2/c1-5-18-41(19-6-1)56(42-20-7-2-8-21-42)45-35-32-39(33-36-45)40-34-37-47-46-26-13-15-28-49(46)55(52(47)38-40)50-29-16-14-27-48(50)54-51(55)30-17-31-53(54)57(43-22-9-3-10-23-43)44-24-11-4-12-25-44/h1-3,5-11,14,16,18-20,22-24,26-29,31-35,37,40,42,44-45H,4,12-13,15,17,21,25,30,36,38H2. The summed E-state index contributed by atoms with van der Waals surface area (Å²) in [7, 11) is 0. The van der Waals surface area contributed by atoms with Crippen LogP contribution in [0.4, 0.5) is 11.4 Å². The SMILES string of the molecule is C1=CCC(N(c2ccccc2)C2C=CC(C3C=CC4=C(C3)C3(C5=CCCC=C54)C4=C(C(N(c5ccccc5)C5C=CCCC5)=CCC4)c4ccccc43)=CC2)C=C1. The van der Waals surface area contributed by atoms with E-state index in [1.165, 1.54) is 69.8 Å². The monoisotopic (exact) mass is 740 g/mol. The number of hydrogen-bond donors (Lipinski definition) is 0. The smallest absolute Gasteiger partial charge is 0.0649 e. The van der Waals surface area contributed by atoms with Gasteiger partial charge in [-0.15, -0.1) is 0 Å². The van der Waals surface area contributed by atoms with Crippen LogP contribution in [0, 0.1) is 5.92 Å². The van der Waals surface area contributed by atoms with Crippen molar-refractivity contribution < 1.29 is 0 Å². The van der Waals surface area contributed by atoms with Gasteiger partial charge in [-0.25, -0.2) is 0 Å². The van der Waals surface area contributed by atoms with Gasteiger partial charge in [-0.05, 0) is 133 Å². The molecule has 0 N–H and O–H groups in total. The Labute approximate surface area is 339 Å². The van der Waals surface area contributed by atoms with Crippen molar-refractivity contribution in [2.24, 2.45) is 5.92 Å². The van der Waals surface area contributed by atoms with E-state index in [0.717, 1.165) is 44.9 Å². The van der Waals surface area contributed by atoms with Crippen LogP contribution in [0.2, 0.25) is 0 Å². The maximum Gasteiger partial charge on any atom is 0.0649 e. The summed E-state index contributed by atoms with van der Waals surface area (Å²) in [6.45, 7) is 0. The largest absolute Gasteiger partial charge is 0.358 e. The molecule has 5 unspecified atom stereocenters. The van der Waals surface area contributed by atoms with Crippen LogP contribution in [0.15, 0.2) is 209 Å². The minimum absolute atomic E-state index is 0.215. The van der Waals surface area contributed by atoms with E-state index < -0.39 is 0 Å². The minimum atomic E-state index is -0.215. The number of rotatable bonds is 7. The lowest BCUT2D eigenvalue weighted by Crippen LogP contribution is -2.42. The summed E-state index contributed by atoms with van der Waals surface area (Å²) < 4.78 is 0. The zero-order chi connectivity index (χ0) is 37.8. The fourth-order valence-electron chi connectivity index (χ4n) is 11.7. The van der Waals surface area contributed by atoms with Crippen LogP contribution >= 0.6 is 0 Å². The third-order valence-corrected chi connectivity index (χ3v) is 14.0. The van der Waals surface area contributed by atoms with Crippen molar-refractivity contribution in [1.82, 2.24) is 0 Å². The molecule has 0 fully saturated rings. The predicted molar refractivity (Wildman–Crippen MR) is 239 cm³/mol. The number of fused-ring (bicyclic) bond motifs is 8. The first-order valence-corrected chi connectivity index (χ1v) is 21.7. The van der Waals surface area contributed by atoms with E-state index >= 15 is 0 Å². The molecule has 0 radical (unpaired) electrons. The van der Waals surface area contributed by atoms with Crippen molar-refractivity contribution in [3.05, 3.63) is 220 Å². The summed E-state index contributed by atoms with van der Waals surface area (Å²) in [5.41, 5.74) is 17.6. The summed E-state index contributed by atoms with van der Waals surface area (Å²) in [6, 6.07) is 32.8. The van der Waals surface area contributed by atoms with E-state index in [0.29, 0.717) is 24.0 Å². The summed E-state index contributed by atoms with van der Waals surface area (Å²) in [5.74, 6) is 0.352. The normalized spacial score (nSPS) is 28.0. The van der Waals surface area contributed by atoms with E-state index in [9.17, 15) is 0 Å². The molecule has 0 amide bonds. The van der Waals surface area contributed by atoms with Crippen LogP contribution in [-0.2, 0) is 5.41 Å². The van der Waals surface area contributed by atoms with Crippen molar-refractivity contribution >= 4 is 16.9 Å². The van der Waals surface area contributed by atoms with E-state index in [2.05, 4.69) is 180 Å². The summed E-state index contributed by atoms with van der Waals surface area (Å²) in [4.78, 5) is 5.34. The quantitative estimate of drug-likeness (QED) is 0.223. The highest BCUT2D eigenvalue weighted by molar-refractivity contribution is 5.98. The molecule has 0 aromatic heterocycles. The van der Waals surface area contributed by atoms with Crippen LogP contribution in [0.3, 0.4) is 0 Å². The minimum Gasteiger partial charge on any atom is -0.358 e.